The molecule has 0 spiro atoms. The molecular formula is C12H15BrFNO2S. The van der Waals surface area contributed by atoms with E-state index in [0.29, 0.717) is 15.8 Å². The lowest BCUT2D eigenvalue weighted by Gasteiger charge is -2.13. The molecule has 0 heterocycles. The highest BCUT2D eigenvalue weighted by Gasteiger charge is 2.18. The second kappa shape index (κ2) is 5.93. The number of rotatable bonds is 3. The molecule has 1 atom stereocenters. The Bertz CT molecular complexity index is 498. The first-order chi connectivity index (χ1) is 8.25. The first kappa shape index (κ1) is 15.3. The van der Waals surface area contributed by atoms with Crippen molar-refractivity contribution in [3.8, 4) is 5.75 Å². The summed E-state index contributed by atoms with van der Waals surface area (Å²) < 4.78 is 34.1. The molecule has 100 valence electrons. The Labute approximate surface area is 117 Å². The zero-order valence-corrected chi connectivity index (χ0v) is 13.1. The maximum atomic E-state index is 13.4. The van der Waals surface area contributed by atoms with Gasteiger partial charge in [0.2, 0.25) is 0 Å². The van der Waals surface area contributed by atoms with Crippen LogP contribution in [0.1, 0.15) is 26.3 Å². The fraction of sp³-hybridized carbons (Fsp3) is 0.417. The molecule has 0 saturated carbocycles. The lowest BCUT2D eigenvalue weighted by atomic mass is 10.2. The first-order valence-electron chi connectivity index (χ1n) is 5.25. The van der Waals surface area contributed by atoms with Crippen LogP contribution < -0.4 is 4.74 Å². The summed E-state index contributed by atoms with van der Waals surface area (Å²) in [4.78, 5) is 0. The summed E-state index contributed by atoms with van der Waals surface area (Å²) in [7, 11) is 0.104. The Morgan fingerprint density at radius 1 is 1.44 bits per heavy atom. The van der Waals surface area contributed by atoms with Crippen LogP contribution >= 0.6 is 15.9 Å². The number of ether oxygens (including phenoxy) is 1. The minimum atomic E-state index is -1.38. The standard InChI is InChI=1S/C12H15BrFNO2S/c1-12(2,3)18(16)15-7-8-5-10(14)9(13)6-11(8)17-4/h5-7H,1-4H3/b15-7+/t18-/m0/s1. The molecule has 0 aliphatic rings. The average molecular weight is 336 g/mol. The molecule has 0 fully saturated rings. The van der Waals surface area contributed by atoms with E-state index in [4.69, 9.17) is 4.74 Å². The Morgan fingerprint density at radius 2 is 2.06 bits per heavy atom. The van der Waals surface area contributed by atoms with Gasteiger partial charge in [-0.1, -0.05) is 0 Å². The van der Waals surface area contributed by atoms with Crippen LogP contribution in [0.2, 0.25) is 0 Å². The lowest BCUT2D eigenvalue weighted by Crippen LogP contribution is -2.19. The van der Waals surface area contributed by atoms with Gasteiger partial charge < -0.3 is 4.74 Å². The molecule has 1 aromatic rings. The van der Waals surface area contributed by atoms with Crippen LogP contribution in [0, 0.1) is 5.82 Å². The van der Waals surface area contributed by atoms with Crippen LogP contribution in [0.3, 0.4) is 0 Å². The second-order valence-electron chi connectivity index (χ2n) is 4.60. The van der Waals surface area contributed by atoms with E-state index in [1.807, 2.05) is 20.8 Å². The molecule has 0 amide bonds. The van der Waals surface area contributed by atoms with Crippen LogP contribution in [-0.4, -0.2) is 22.3 Å². The van der Waals surface area contributed by atoms with Gasteiger partial charge in [-0.05, 0) is 48.8 Å². The van der Waals surface area contributed by atoms with E-state index in [9.17, 15) is 8.60 Å². The van der Waals surface area contributed by atoms with Gasteiger partial charge in [-0.3, -0.25) is 0 Å². The van der Waals surface area contributed by atoms with Gasteiger partial charge in [-0.2, -0.15) is 4.40 Å². The molecule has 0 aliphatic carbocycles. The van der Waals surface area contributed by atoms with Crippen LogP contribution in [0.15, 0.2) is 21.0 Å². The summed E-state index contributed by atoms with van der Waals surface area (Å²) in [5.74, 6) is 0.0525. The minimum Gasteiger partial charge on any atom is -0.496 e. The van der Waals surface area contributed by atoms with Gasteiger partial charge >= 0.3 is 0 Å². The number of benzene rings is 1. The first-order valence-corrected chi connectivity index (χ1v) is 7.15. The molecule has 0 bridgehead atoms. The maximum Gasteiger partial charge on any atom is 0.144 e. The highest BCUT2D eigenvalue weighted by atomic mass is 79.9. The van der Waals surface area contributed by atoms with Crippen molar-refractivity contribution in [2.24, 2.45) is 4.40 Å². The third-order valence-corrected chi connectivity index (χ3v) is 4.04. The fourth-order valence-electron chi connectivity index (χ4n) is 1.08. The third-order valence-electron chi connectivity index (χ3n) is 2.08. The van der Waals surface area contributed by atoms with Gasteiger partial charge in [0.15, 0.2) is 0 Å². The summed E-state index contributed by atoms with van der Waals surface area (Å²) in [6.45, 7) is 5.46. The van der Waals surface area contributed by atoms with Crippen molar-refractivity contribution in [1.29, 1.82) is 0 Å². The van der Waals surface area contributed by atoms with E-state index in [1.165, 1.54) is 25.5 Å². The van der Waals surface area contributed by atoms with Gasteiger partial charge in [-0.25, -0.2) is 8.60 Å². The molecule has 0 unspecified atom stereocenters. The summed E-state index contributed by atoms with van der Waals surface area (Å²) in [6.07, 6.45) is 1.37. The number of nitrogens with zero attached hydrogens (tertiary/aromatic N) is 1. The fourth-order valence-corrected chi connectivity index (χ4v) is 1.93. The number of halogens is 2. The van der Waals surface area contributed by atoms with Crippen LogP contribution in [0.5, 0.6) is 5.75 Å². The quantitative estimate of drug-likeness (QED) is 0.793. The number of hydrogen-bond donors (Lipinski definition) is 0. The highest BCUT2D eigenvalue weighted by Crippen LogP contribution is 2.25. The lowest BCUT2D eigenvalue weighted by molar-refractivity contribution is 0.412. The molecule has 0 saturated heterocycles. The molecule has 0 aliphatic heterocycles. The van der Waals surface area contributed by atoms with Crippen LogP contribution in [0.25, 0.3) is 0 Å². The number of hydrogen-bond acceptors (Lipinski definition) is 2. The molecule has 1 rings (SSSR count). The monoisotopic (exact) mass is 335 g/mol. The summed E-state index contributed by atoms with van der Waals surface area (Å²) in [5.41, 5.74) is 0.454. The van der Waals surface area contributed by atoms with Crippen molar-refractivity contribution in [2.75, 3.05) is 7.11 Å². The SMILES string of the molecule is COc1cc(Br)c(F)cc1/C=N/[S@@](=O)C(C)(C)C. The Morgan fingerprint density at radius 3 is 2.56 bits per heavy atom. The highest BCUT2D eigenvalue weighted by molar-refractivity contribution is 9.10. The van der Waals surface area contributed by atoms with E-state index < -0.39 is 21.5 Å². The van der Waals surface area contributed by atoms with Crippen molar-refractivity contribution in [1.82, 2.24) is 0 Å². The second-order valence-corrected chi connectivity index (χ2v) is 7.39. The molecule has 18 heavy (non-hydrogen) atoms. The van der Waals surface area contributed by atoms with Crippen molar-refractivity contribution in [3.05, 3.63) is 28.0 Å². The molecule has 0 N–H and O–H groups in total. The molecule has 0 radical (unpaired) electrons. The van der Waals surface area contributed by atoms with Gasteiger partial charge in [-0.15, -0.1) is 0 Å². The molecule has 0 aromatic heterocycles. The van der Waals surface area contributed by atoms with Crippen LogP contribution in [0.4, 0.5) is 4.39 Å². The zero-order valence-electron chi connectivity index (χ0n) is 10.7. The summed E-state index contributed by atoms with van der Waals surface area (Å²) in [5, 5.41) is 0. The van der Waals surface area contributed by atoms with Gasteiger partial charge in [0.25, 0.3) is 0 Å². The minimum absolute atomic E-state index is 0.313. The topological polar surface area (TPSA) is 38.7 Å². The molecule has 6 heteroatoms. The Kier molecular flexibility index (Phi) is 5.04. The predicted octanol–water partition coefficient (Wildman–Crippen LogP) is 3.48. The normalized spacial score (nSPS) is 13.9. The Balaban J connectivity index is 3.08. The van der Waals surface area contributed by atoms with Gasteiger partial charge in [0.05, 0.1) is 16.3 Å². The van der Waals surface area contributed by atoms with Crippen molar-refractivity contribution < 1.29 is 13.3 Å². The van der Waals surface area contributed by atoms with Gasteiger partial charge in [0, 0.05) is 11.8 Å². The molecule has 1 aromatic carbocycles. The van der Waals surface area contributed by atoms with Crippen LogP contribution in [-0.2, 0) is 11.0 Å². The van der Waals surface area contributed by atoms with E-state index in [1.54, 1.807) is 0 Å². The largest absolute Gasteiger partial charge is 0.496 e. The van der Waals surface area contributed by atoms with Crippen molar-refractivity contribution in [2.45, 2.75) is 25.5 Å². The van der Waals surface area contributed by atoms with E-state index in [-0.39, 0.29) is 0 Å². The van der Waals surface area contributed by atoms with Crippen molar-refractivity contribution in [3.63, 3.8) is 0 Å². The zero-order chi connectivity index (χ0) is 13.9. The van der Waals surface area contributed by atoms with E-state index in [2.05, 4.69) is 20.3 Å². The maximum absolute atomic E-state index is 13.4. The summed E-state index contributed by atoms with van der Waals surface area (Å²) >= 11 is 3.07. The Hall–Kier alpha value is -0.750. The van der Waals surface area contributed by atoms with Gasteiger partial charge in [0.1, 0.15) is 22.6 Å². The smallest absolute Gasteiger partial charge is 0.144 e. The van der Waals surface area contributed by atoms with Crippen molar-refractivity contribution >= 4 is 33.1 Å². The summed E-state index contributed by atoms with van der Waals surface area (Å²) in [6, 6.07) is 2.79. The van der Waals surface area contributed by atoms with E-state index >= 15 is 0 Å². The predicted molar refractivity (Wildman–Crippen MR) is 76.1 cm³/mol. The van der Waals surface area contributed by atoms with E-state index in [0.717, 1.165) is 0 Å². The molecule has 3 nitrogen and oxygen atoms in total. The molecular weight excluding hydrogens is 321 g/mol. The number of methoxy groups -OCH3 is 1. The third kappa shape index (κ3) is 3.88. The average Bonchev–Trinajstić information content (AvgIpc) is 2.28.